The van der Waals surface area contributed by atoms with Crippen molar-refractivity contribution in [2.45, 2.75) is 18.7 Å². The van der Waals surface area contributed by atoms with Crippen molar-refractivity contribution in [1.29, 1.82) is 0 Å². The summed E-state index contributed by atoms with van der Waals surface area (Å²) >= 11 is 7.49. The van der Waals surface area contributed by atoms with E-state index in [9.17, 15) is 4.79 Å². The number of carbonyl (C=O) groups excluding carboxylic acids is 1. The molecule has 1 aromatic heterocycles. The van der Waals surface area contributed by atoms with Gasteiger partial charge in [0.15, 0.2) is 0 Å². The minimum Gasteiger partial charge on any atom is -0.349 e. The lowest BCUT2D eigenvalue weighted by molar-refractivity contribution is -0.119. The molecule has 0 unspecified atom stereocenters. The average Bonchev–Trinajstić information content (AvgIpc) is 3.17. The quantitative estimate of drug-likeness (QED) is 0.644. The summed E-state index contributed by atoms with van der Waals surface area (Å²) in [5.74, 6) is 1.26. The highest BCUT2D eigenvalue weighted by Crippen LogP contribution is 2.17. The molecule has 0 saturated heterocycles. The SMILES string of the molecule is C[C@H](NC(=O)CSCc1ccc(-n2cccn2)cc1)c1ccc(Cl)cc1. The summed E-state index contributed by atoms with van der Waals surface area (Å²) in [6.45, 7) is 1.97. The molecule has 3 aromatic rings. The maximum Gasteiger partial charge on any atom is 0.230 e. The van der Waals surface area contributed by atoms with Crippen LogP contribution >= 0.6 is 23.4 Å². The van der Waals surface area contributed by atoms with Gasteiger partial charge in [0.1, 0.15) is 0 Å². The lowest BCUT2D eigenvalue weighted by atomic mass is 10.1. The van der Waals surface area contributed by atoms with Crippen LogP contribution in [0.2, 0.25) is 5.02 Å². The third-order valence-corrected chi connectivity index (χ3v) is 5.21. The van der Waals surface area contributed by atoms with Crippen molar-refractivity contribution in [3.8, 4) is 5.69 Å². The van der Waals surface area contributed by atoms with Gasteiger partial charge in [-0.1, -0.05) is 35.9 Å². The van der Waals surface area contributed by atoms with Gasteiger partial charge < -0.3 is 5.32 Å². The van der Waals surface area contributed by atoms with Crippen LogP contribution in [0, 0.1) is 0 Å². The van der Waals surface area contributed by atoms with Crippen LogP contribution in [0.3, 0.4) is 0 Å². The Kier molecular flexibility index (Phi) is 6.36. The highest BCUT2D eigenvalue weighted by molar-refractivity contribution is 7.99. The Morgan fingerprint density at radius 2 is 1.92 bits per heavy atom. The van der Waals surface area contributed by atoms with Gasteiger partial charge in [0, 0.05) is 23.2 Å². The Balaban J connectivity index is 1.44. The summed E-state index contributed by atoms with van der Waals surface area (Å²) in [7, 11) is 0. The lowest BCUT2D eigenvalue weighted by Crippen LogP contribution is -2.28. The number of aromatic nitrogens is 2. The molecule has 134 valence electrons. The predicted molar refractivity (Wildman–Crippen MR) is 108 cm³/mol. The number of nitrogens with one attached hydrogen (secondary N) is 1. The zero-order valence-corrected chi connectivity index (χ0v) is 16.0. The molecule has 0 aliphatic carbocycles. The molecule has 0 radical (unpaired) electrons. The summed E-state index contributed by atoms with van der Waals surface area (Å²) in [5, 5.41) is 7.92. The maximum atomic E-state index is 12.1. The Labute approximate surface area is 162 Å². The van der Waals surface area contributed by atoms with E-state index in [2.05, 4.69) is 22.5 Å². The minimum absolute atomic E-state index is 0.0330. The molecule has 0 saturated carbocycles. The molecule has 4 nitrogen and oxygen atoms in total. The summed E-state index contributed by atoms with van der Waals surface area (Å²) < 4.78 is 1.82. The van der Waals surface area contributed by atoms with Crippen LogP contribution in [-0.4, -0.2) is 21.4 Å². The number of benzene rings is 2. The molecule has 1 N–H and O–H groups in total. The number of nitrogens with zero attached hydrogens (tertiary/aromatic N) is 2. The normalized spacial score (nSPS) is 11.9. The Bertz CT molecular complexity index is 833. The average molecular weight is 386 g/mol. The van der Waals surface area contributed by atoms with Gasteiger partial charge in [-0.2, -0.15) is 5.10 Å². The van der Waals surface area contributed by atoms with Crippen LogP contribution < -0.4 is 5.32 Å². The topological polar surface area (TPSA) is 46.9 Å². The number of carbonyl (C=O) groups is 1. The molecular formula is C20H20ClN3OS. The fraction of sp³-hybridized carbons (Fsp3) is 0.200. The van der Waals surface area contributed by atoms with Crippen molar-refractivity contribution in [1.82, 2.24) is 15.1 Å². The predicted octanol–water partition coefficient (Wildman–Crippen LogP) is 4.64. The smallest absolute Gasteiger partial charge is 0.230 e. The number of hydrogen-bond donors (Lipinski definition) is 1. The second kappa shape index (κ2) is 8.92. The third kappa shape index (κ3) is 5.13. The van der Waals surface area contributed by atoms with Gasteiger partial charge in [0.2, 0.25) is 5.91 Å². The zero-order valence-electron chi connectivity index (χ0n) is 14.4. The van der Waals surface area contributed by atoms with Crippen LogP contribution in [0.4, 0.5) is 0 Å². The van der Waals surface area contributed by atoms with E-state index >= 15 is 0 Å². The molecule has 2 aromatic carbocycles. The van der Waals surface area contributed by atoms with E-state index in [1.165, 1.54) is 5.56 Å². The lowest BCUT2D eigenvalue weighted by Gasteiger charge is -2.14. The highest BCUT2D eigenvalue weighted by atomic mass is 35.5. The van der Waals surface area contributed by atoms with E-state index in [0.717, 1.165) is 17.0 Å². The van der Waals surface area contributed by atoms with Gasteiger partial charge in [-0.15, -0.1) is 11.8 Å². The monoisotopic (exact) mass is 385 g/mol. The molecule has 0 spiro atoms. The van der Waals surface area contributed by atoms with Crippen molar-refractivity contribution < 1.29 is 4.79 Å². The minimum atomic E-state index is -0.0336. The molecule has 26 heavy (non-hydrogen) atoms. The molecule has 0 aliphatic heterocycles. The first-order valence-corrected chi connectivity index (χ1v) is 9.86. The molecule has 1 amide bonds. The molecule has 0 fully saturated rings. The largest absolute Gasteiger partial charge is 0.349 e. The Morgan fingerprint density at radius 1 is 1.19 bits per heavy atom. The van der Waals surface area contributed by atoms with Gasteiger partial charge in [0.25, 0.3) is 0 Å². The Hall–Kier alpha value is -2.24. The molecule has 1 atom stereocenters. The molecule has 1 heterocycles. The van der Waals surface area contributed by atoms with E-state index in [0.29, 0.717) is 10.8 Å². The molecule has 3 rings (SSSR count). The third-order valence-electron chi connectivity index (χ3n) is 3.95. The molecular weight excluding hydrogens is 366 g/mol. The summed E-state index contributed by atoms with van der Waals surface area (Å²) in [6, 6.07) is 17.6. The van der Waals surface area contributed by atoms with E-state index in [-0.39, 0.29) is 11.9 Å². The highest BCUT2D eigenvalue weighted by Gasteiger charge is 2.09. The van der Waals surface area contributed by atoms with E-state index < -0.39 is 0 Å². The summed E-state index contributed by atoms with van der Waals surface area (Å²) in [6.07, 6.45) is 3.67. The zero-order chi connectivity index (χ0) is 18.4. The van der Waals surface area contributed by atoms with Gasteiger partial charge >= 0.3 is 0 Å². The van der Waals surface area contributed by atoms with Gasteiger partial charge in [0.05, 0.1) is 17.5 Å². The first-order chi connectivity index (χ1) is 12.6. The second-order valence-electron chi connectivity index (χ2n) is 5.95. The number of halogens is 1. The maximum absolute atomic E-state index is 12.1. The number of hydrogen-bond acceptors (Lipinski definition) is 3. The van der Waals surface area contributed by atoms with Crippen LogP contribution in [0.5, 0.6) is 0 Å². The van der Waals surface area contributed by atoms with E-state index in [4.69, 9.17) is 11.6 Å². The summed E-state index contributed by atoms with van der Waals surface area (Å²) in [4.78, 5) is 12.1. The van der Waals surface area contributed by atoms with Crippen molar-refractivity contribution in [2.75, 3.05) is 5.75 Å². The fourth-order valence-electron chi connectivity index (χ4n) is 2.55. The fourth-order valence-corrected chi connectivity index (χ4v) is 3.47. The van der Waals surface area contributed by atoms with E-state index in [1.807, 2.05) is 60.3 Å². The van der Waals surface area contributed by atoms with Gasteiger partial charge in [-0.3, -0.25) is 4.79 Å². The van der Waals surface area contributed by atoms with Crippen LogP contribution in [-0.2, 0) is 10.5 Å². The van der Waals surface area contributed by atoms with Crippen molar-refractivity contribution in [3.63, 3.8) is 0 Å². The first kappa shape index (κ1) is 18.5. The van der Waals surface area contributed by atoms with Gasteiger partial charge in [-0.05, 0) is 48.4 Å². The number of amides is 1. The number of rotatable bonds is 7. The Morgan fingerprint density at radius 3 is 2.58 bits per heavy atom. The second-order valence-corrected chi connectivity index (χ2v) is 7.37. The van der Waals surface area contributed by atoms with Crippen LogP contribution in [0.25, 0.3) is 5.69 Å². The van der Waals surface area contributed by atoms with Crippen molar-refractivity contribution >= 4 is 29.3 Å². The molecule has 0 aliphatic rings. The van der Waals surface area contributed by atoms with Crippen LogP contribution in [0.1, 0.15) is 24.1 Å². The van der Waals surface area contributed by atoms with Crippen molar-refractivity contribution in [3.05, 3.63) is 83.1 Å². The van der Waals surface area contributed by atoms with Gasteiger partial charge in [-0.25, -0.2) is 4.68 Å². The molecule has 0 bridgehead atoms. The first-order valence-electron chi connectivity index (χ1n) is 8.33. The van der Waals surface area contributed by atoms with E-state index in [1.54, 1.807) is 18.0 Å². The van der Waals surface area contributed by atoms with Crippen molar-refractivity contribution in [2.24, 2.45) is 0 Å². The summed E-state index contributed by atoms with van der Waals surface area (Å²) in [5.41, 5.74) is 3.25. The van der Waals surface area contributed by atoms with Crippen LogP contribution in [0.15, 0.2) is 67.0 Å². The standard InChI is InChI=1S/C20H20ClN3OS/c1-15(17-5-7-18(21)8-6-17)23-20(25)14-26-13-16-3-9-19(10-4-16)24-12-2-11-22-24/h2-12,15H,13-14H2,1H3,(H,23,25)/t15-/m0/s1. The molecule has 6 heteroatoms. The number of thioether (sulfide) groups is 1.